The van der Waals surface area contributed by atoms with Crippen LogP contribution in [0.5, 0.6) is 0 Å². The molecule has 3 atom stereocenters. The number of thioether (sulfide) groups is 1. The van der Waals surface area contributed by atoms with Gasteiger partial charge in [-0.25, -0.2) is 0 Å². The van der Waals surface area contributed by atoms with Crippen molar-refractivity contribution in [1.29, 1.82) is 0 Å². The van der Waals surface area contributed by atoms with Crippen molar-refractivity contribution in [2.24, 2.45) is 0 Å². The summed E-state index contributed by atoms with van der Waals surface area (Å²) in [4.78, 5) is 0. The van der Waals surface area contributed by atoms with Gasteiger partial charge in [-0.15, -0.1) is 0 Å². The maximum atomic E-state index is 9.25. The van der Waals surface area contributed by atoms with Gasteiger partial charge in [0, 0.05) is 17.4 Å². The van der Waals surface area contributed by atoms with E-state index in [1.807, 2.05) is 18.8 Å². The molecule has 0 saturated carbocycles. The molecule has 1 rings (SSSR count). The van der Waals surface area contributed by atoms with Crippen LogP contribution < -0.4 is 5.32 Å². The van der Waals surface area contributed by atoms with Crippen LogP contribution in [0.25, 0.3) is 0 Å². The van der Waals surface area contributed by atoms with Crippen LogP contribution in [0.1, 0.15) is 33.1 Å². The highest BCUT2D eigenvalue weighted by Gasteiger charge is 2.25. The number of aliphatic hydroxyl groups excluding tert-OH is 1. The predicted octanol–water partition coefficient (Wildman–Crippen LogP) is 1.65. The first-order chi connectivity index (χ1) is 7.61. The summed E-state index contributed by atoms with van der Waals surface area (Å²) in [6.45, 7) is 5.36. The summed E-state index contributed by atoms with van der Waals surface area (Å²) in [5.74, 6) is 1.16. The molecular formula is C12H25NO2S. The minimum Gasteiger partial charge on any atom is -0.394 e. The molecule has 0 amide bonds. The highest BCUT2D eigenvalue weighted by molar-refractivity contribution is 7.99. The number of likely N-dealkylation sites (N-methyl/N-ethyl adjacent to an activating group) is 1. The Morgan fingerprint density at radius 3 is 2.81 bits per heavy atom. The minimum atomic E-state index is -0.113. The number of ether oxygens (including phenoxy) is 1. The van der Waals surface area contributed by atoms with E-state index >= 15 is 0 Å². The van der Waals surface area contributed by atoms with E-state index in [1.54, 1.807) is 0 Å². The van der Waals surface area contributed by atoms with E-state index in [4.69, 9.17) is 4.74 Å². The second-order valence-corrected chi connectivity index (χ2v) is 6.19. The predicted molar refractivity (Wildman–Crippen MR) is 70.1 cm³/mol. The highest BCUT2D eigenvalue weighted by Crippen LogP contribution is 2.27. The van der Waals surface area contributed by atoms with Gasteiger partial charge in [0.2, 0.25) is 0 Å². The molecule has 3 nitrogen and oxygen atoms in total. The van der Waals surface area contributed by atoms with E-state index in [9.17, 15) is 5.11 Å². The second kappa shape index (κ2) is 6.84. The van der Waals surface area contributed by atoms with Crippen LogP contribution in [0.4, 0.5) is 0 Å². The van der Waals surface area contributed by atoms with Crippen molar-refractivity contribution in [1.82, 2.24) is 5.32 Å². The van der Waals surface area contributed by atoms with Crippen LogP contribution in [0.15, 0.2) is 0 Å². The van der Waals surface area contributed by atoms with Crippen LogP contribution >= 0.6 is 11.8 Å². The molecule has 1 aliphatic heterocycles. The third kappa shape index (κ3) is 4.24. The molecule has 1 fully saturated rings. The molecule has 0 aromatic rings. The Hall–Kier alpha value is 0.230. The van der Waals surface area contributed by atoms with Crippen molar-refractivity contribution in [3.05, 3.63) is 0 Å². The summed E-state index contributed by atoms with van der Waals surface area (Å²) in [5.41, 5.74) is -0.113. The van der Waals surface area contributed by atoms with Crippen LogP contribution in [0.2, 0.25) is 0 Å². The van der Waals surface area contributed by atoms with Crippen LogP contribution in [-0.4, -0.2) is 48.0 Å². The Balaban J connectivity index is 2.11. The van der Waals surface area contributed by atoms with Gasteiger partial charge in [0.25, 0.3) is 0 Å². The van der Waals surface area contributed by atoms with Gasteiger partial charge >= 0.3 is 0 Å². The summed E-state index contributed by atoms with van der Waals surface area (Å²) in [6.07, 6.45) is 3.77. The van der Waals surface area contributed by atoms with Crippen molar-refractivity contribution in [2.45, 2.75) is 50.0 Å². The largest absolute Gasteiger partial charge is 0.394 e. The molecule has 4 heteroatoms. The zero-order valence-corrected chi connectivity index (χ0v) is 11.5. The maximum absolute atomic E-state index is 9.25. The Bertz CT molecular complexity index is 197. The Morgan fingerprint density at radius 1 is 1.56 bits per heavy atom. The van der Waals surface area contributed by atoms with Gasteiger partial charge in [0.15, 0.2) is 0 Å². The minimum absolute atomic E-state index is 0.113. The topological polar surface area (TPSA) is 41.5 Å². The van der Waals surface area contributed by atoms with E-state index < -0.39 is 0 Å². The van der Waals surface area contributed by atoms with E-state index in [-0.39, 0.29) is 12.1 Å². The number of hydrogen-bond acceptors (Lipinski definition) is 4. The van der Waals surface area contributed by atoms with Gasteiger partial charge in [0.1, 0.15) is 0 Å². The first kappa shape index (κ1) is 14.3. The van der Waals surface area contributed by atoms with E-state index in [0.29, 0.717) is 11.4 Å². The molecule has 0 aromatic carbocycles. The monoisotopic (exact) mass is 247 g/mol. The first-order valence-electron chi connectivity index (χ1n) is 6.14. The van der Waals surface area contributed by atoms with Crippen molar-refractivity contribution >= 4 is 11.8 Å². The average Bonchev–Trinajstić information content (AvgIpc) is 2.70. The summed E-state index contributed by atoms with van der Waals surface area (Å²) in [6, 6.07) is 0. The lowest BCUT2D eigenvalue weighted by atomic mass is 9.98. The van der Waals surface area contributed by atoms with Gasteiger partial charge in [-0.3, -0.25) is 0 Å². The van der Waals surface area contributed by atoms with Crippen molar-refractivity contribution in [2.75, 3.05) is 26.0 Å². The lowest BCUT2D eigenvalue weighted by Crippen LogP contribution is -2.43. The van der Waals surface area contributed by atoms with Crippen LogP contribution in [0.3, 0.4) is 0 Å². The standard InChI is InChI=1S/C12H25NO2S/c1-10-11(5-7-15-10)16-8-4-6-12(2,9-14)13-3/h10-11,13-14H,4-9H2,1-3H3. The maximum Gasteiger partial charge on any atom is 0.0666 e. The number of aliphatic hydroxyl groups is 1. The highest BCUT2D eigenvalue weighted by atomic mass is 32.2. The van der Waals surface area contributed by atoms with Gasteiger partial charge in [-0.2, -0.15) is 11.8 Å². The first-order valence-corrected chi connectivity index (χ1v) is 7.19. The van der Waals surface area contributed by atoms with Gasteiger partial charge in [0.05, 0.1) is 12.7 Å². The molecule has 1 saturated heterocycles. The molecule has 2 N–H and O–H groups in total. The Labute approximate surface area is 103 Å². The molecule has 0 radical (unpaired) electrons. The molecule has 16 heavy (non-hydrogen) atoms. The Morgan fingerprint density at radius 2 is 2.31 bits per heavy atom. The fraction of sp³-hybridized carbons (Fsp3) is 1.00. The number of hydrogen-bond donors (Lipinski definition) is 2. The summed E-state index contributed by atoms with van der Waals surface area (Å²) in [5, 5.41) is 13.1. The molecule has 96 valence electrons. The molecule has 0 bridgehead atoms. The molecule has 0 spiro atoms. The van der Waals surface area contributed by atoms with Gasteiger partial charge in [-0.1, -0.05) is 0 Å². The van der Waals surface area contributed by atoms with Gasteiger partial charge in [-0.05, 0) is 45.9 Å². The summed E-state index contributed by atoms with van der Waals surface area (Å²) < 4.78 is 5.53. The van der Waals surface area contributed by atoms with E-state index in [1.165, 1.54) is 6.42 Å². The lowest BCUT2D eigenvalue weighted by Gasteiger charge is -2.26. The van der Waals surface area contributed by atoms with E-state index in [2.05, 4.69) is 19.2 Å². The fourth-order valence-electron chi connectivity index (χ4n) is 1.91. The summed E-state index contributed by atoms with van der Waals surface area (Å²) >= 11 is 2.02. The number of rotatable bonds is 7. The third-order valence-corrected chi connectivity index (χ3v) is 5.04. The summed E-state index contributed by atoms with van der Waals surface area (Å²) in [7, 11) is 1.91. The molecular weight excluding hydrogens is 222 g/mol. The second-order valence-electron chi connectivity index (χ2n) is 4.85. The van der Waals surface area contributed by atoms with Crippen molar-refractivity contribution in [3.63, 3.8) is 0 Å². The molecule has 1 heterocycles. The lowest BCUT2D eigenvalue weighted by molar-refractivity contribution is 0.127. The Kier molecular flexibility index (Phi) is 6.11. The average molecular weight is 247 g/mol. The number of nitrogens with one attached hydrogen (secondary N) is 1. The van der Waals surface area contributed by atoms with Crippen LogP contribution in [-0.2, 0) is 4.74 Å². The van der Waals surface area contributed by atoms with Crippen molar-refractivity contribution in [3.8, 4) is 0 Å². The quantitative estimate of drug-likeness (QED) is 0.671. The smallest absolute Gasteiger partial charge is 0.0666 e. The molecule has 0 aliphatic carbocycles. The molecule has 3 unspecified atom stereocenters. The molecule has 1 aliphatic rings. The fourth-order valence-corrected chi connectivity index (χ4v) is 3.14. The normalized spacial score (nSPS) is 29.2. The molecule has 0 aromatic heterocycles. The SMILES string of the molecule is CNC(C)(CO)CCCSC1CCOC1C. The van der Waals surface area contributed by atoms with E-state index in [0.717, 1.165) is 25.2 Å². The van der Waals surface area contributed by atoms with Crippen LogP contribution in [0, 0.1) is 0 Å². The van der Waals surface area contributed by atoms with Crippen molar-refractivity contribution < 1.29 is 9.84 Å². The zero-order valence-electron chi connectivity index (χ0n) is 10.7. The van der Waals surface area contributed by atoms with Gasteiger partial charge < -0.3 is 15.2 Å². The third-order valence-electron chi connectivity index (χ3n) is 3.46. The zero-order chi connectivity index (χ0) is 12.0.